The summed E-state index contributed by atoms with van der Waals surface area (Å²) in [6.07, 6.45) is 0. The molecule has 1 atom stereocenters. The topological polar surface area (TPSA) is 70.1 Å². The molecular formula is C30H31FN2O4. The zero-order valence-electron chi connectivity index (χ0n) is 21.1. The Bertz CT molecular complexity index is 1250. The zero-order chi connectivity index (χ0) is 26.4. The van der Waals surface area contributed by atoms with Crippen molar-refractivity contribution in [1.29, 1.82) is 0 Å². The van der Waals surface area contributed by atoms with E-state index in [4.69, 9.17) is 4.74 Å². The number of Topliss-reactive ketones (excluding diaryl/α,β-unsaturated/α-hetero) is 1. The van der Waals surface area contributed by atoms with Crippen molar-refractivity contribution < 1.29 is 23.8 Å². The maximum Gasteiger partial charge on any atom is 0.295 e. The highest BCUT2D eigenvalue weighted by Gasteiger charge is 2.45. The lowest BCUT2D eigenvalue weighted by Gasteiger charge is -2.28. The summed E-state index contributed by atoms with van der Waals surface area (Å²) in [4.78, 5) is 29.9. The molecule has 3 aromatic rings. The highest BCUT2D eigenvalue weighted by Crippen LogP contribution is 2.39. The van der Waals surface area contributed by atoms with Crippen molar-refractivity contribution in [3.63, 3.8) is 0 Å². The molecule has 1 fully saturated rings. The average molecular weight is 503 g/mol. The Kier molecular flexibility index (Phi) is 8.36. The number of halogens is 1. The first-order valence-electron chi connectivity index (χ1n) is 12.5. The molecule has 1 N–H and O–H groups in total. The lowest BCUT2D eigenvalue weighted by Crippen LogP contribution is -2.38. The maximum absolute atomic E-state index is 13.7. The second-order valence-corrected chi connectivity index (χ2v) is 8.87. The molecule has 1 heterocycles. The first kappa shape index (κ1) is 26.1. The van der Waals surface area contributed by atoms with Crippen LogP contribution in [0.15, 0.2) is 84.4 Å². The monoisotopic (exact) mass is 502 g/mol. The van der Waals surface area contributed by atoms with Crippen LogP contribution in [0.2, 0.25) is 0 Å². The van der Waals surface area contributed by atoms with Crippen LogP contribution in [0, 0.1) is 5.82 Å². The quantitative estimate of drug-likeness (QED) is 0.235. The molecule has 0 saturated carbocycles. The summed E-state index contributed by atoms with van der Waals surface area (Å²) in [6, 6.07) is 21.3. The molecule has 0 spiro atoms. The van der Waals surface area contributed by atoms with Gasteiger partial charge in [-0.2, -0.15) is 0 Å². The fraction of sp³-hybridized carbons (Fsp3) is 0.267. The van der Waals surface area contributed by atoms with Crippen molar-refractivity contribution >= 4 is 17.4 Å². The number of nitrogens with zero attached hydrogens (tertiary/aromatic N) is 2. The third-order valence-electron chi connectivity index (χ3n) is 6.65. The van der Waals surface area contributed by atoms with E-state index in [0.717, 1.165) is 18.7 Å². The molecule has 7 heteroatoms. The molecule has 1 amide bonds. The average Bonchev–Trinajstić information content (AvgIpc) is 3.18. The Morgan fingerprint density at radius 2 is 1.59 bits per heavy atom. The molecule has 1 aliphatic rings. The number of hydrogen-bond acceptors (Lipinski definition) is 5. The minimum absolute atomic E-state index is 0.00545. The van der Waals surface area contributed by atoms with E-state index in [0.29, 0.717) is 36.6 Å². The summed E-state index contributed by atoms with van der Waals surface area (Å²) in [5.41, 5.74) is 1.97. The minimum atomic E-state index is -0.815. The van der Waals surface area contributed by atoms with E-state index in [1.54, 1.807) is 36.4 Å². The molecule has 192 valence electrons. The van der Waals surface area contributed by atoms with Crippen LogP contribution in [0.3, 0.4) is 0 Å². The summed E-state index contributed by atoms with van der Waals surface area (Å²) in [6.45, 7) is 6.95. The van der Waals surface area contributed by atoms with Crippen molar-refractivity contribution in [2.45, 2.75) is 26.5 Å². The molecule has 37 heavy (non-hydrogen) atoms. The third-order valence-corrected chi connectivity index (χ3v) is 6.65. The summed E-state index contributed by atoms with van der Waals surface area (Å²) >= 11 is 0. The van der Waals surface area contributed by atoms with Gasteiger partial charge in [-0.05, 0) is 60.6 Å². The van der Waals surface area contributed by atoms with Gasteiger partial charge in [0.05, 0.1) is 11.6 Å². The summed E-state index contributed by atoms with van der Waals surface area (Å²) in [5.74, 6) is -1.51. The predicted octanol–water partition coefficient (Wildman–Crippen LogP) is 5.17. The van der Waals surface area contributed by atoms with Gasteiger partial charge in [0.25, 0.3) is 11.7 Å². The van der Waals surface area contributed by atoms with Gasteiger partial charge < -0.3 is 19.6 Å². The fourth-order valence-electron chi connectivity index (χ4n) is 4.50. The third kappa shape index (κ3) is 5.89. The van der Waals surface area contributed by atoms with Crippen molar-refractivity contribution in [3.05, 3.63) is 107 Å². The largest absolute Gasteiger partial charge is 0.507 e. The molecule has 1 saturated heterocycles. The molecule has 0 aromatic heterocycles. The van der Waals surface area contributed by atoms with Crippen LogP contribution < -0.4 is 4.74 Å². The van der Waals surface area contributed by atoms with E-state index in [-0.39, 0.29) is 11.3 Å². The summed E-state index contributed by atoms with van der Waals surface area (Å²) in [7, 11) is 0. The molecule has 0 radical (unpaired) electrons. The number of carbonyl (C=O) groups excluding carboxylic acids is 2. The van der Waals surface area contributed by atoms with Gasteiger partial charge in [0, 0.05) is 18.7 Å². The molecule has 3 aromatic carbocycles. The molecule has 1 unspecified atom stereocenters. The van der Waals surface area contributed by atoms with E-state index in [1.807, 2.05) is 44.2 Å². The van der Waals surface area contributed by atoms with E-state index in [2.05, 4.69) is 4.90 Å². The number of likely N-dealkylation sites (N-methyl/N-ethyl adjacent to an activating group) is 1. The predicted molar refractivity (Wildman–Crippen MR) is 140 cm³/mol. The first-order chi connectivity index (χ1) is 17.9. The Labute approximate surface area is 216 Å². The van der Waals surface area contributed by atoms with Crippen molar-refractivity contribution in [3.8, 4) is 5.75 Å². The van der Waals surface area contributed by atoms with Gasteiger partial charge >= 0.3 is 0 Å². The molecule has 4 rings (SSSR count). The van der Waals surface area contributed by atoms with Crippen molar-refractivity contribution in [2.75, 3.05) is 26.2 Å². The van der Waals surface area contributed by atoms with Crippen LogP contribution >= 0.6 is 0 Å². The standard InChI is InChI=1S/C30H31FN2O4/c1-3-32(4-2)18-19-33-27(22-10-14-24(31)15-11-22)26(29(35)30(33)36)28(34)23-12-16-25(17-13-23)37-20-21-8-6-5-7-9-21/h5-17,27,34H,3-4,18-20H2,1-2H3. The fourth-order valence-corrected chi connectivity index (χ4v) is 4.50. The Morgan fingerprint density at radius 3 is 2.22 bits per heavy atom. The zero-order valence-corrected chi connectivity index (χ0v) is 21.1. The van der Waals surface area contributed by atoms with Crippen molar-refractivity contribution in [1.82, 2.24) is 9.80 Å². The van der Waals surface area contributed by atoms with Crippen LogP contribution in [0.1, 0.15) is 36.6 Å². The normalized spacial score (nSPS) is 17.0. The maximum atomic E-state index is 13.7. The number of ether oxygens (including phenoxy) is 1. The highest BCUT2D eigenvalue weighted by atomic mass is 19.1. The second-order valence-electron chi connectivity index (χ2n) is 8.87. The van der Waals surface area contributed by atoms with Gasteiger partial charge in [-0.3, -0.25) is 9.59 Å². The van der Waals surface area contributed by atoms with Gasteiger partial charge in [0.2, 0.25) is 0 Å². The van der Waals surface area contributed by atoms with Gasteiger partial charge in [-0.1, -0.05) is 56.3 Å². The number of carbonyl (C=O) groups is 2. The number of amides is 1. The number of likely N-dealkylation sites (tertiary alicyclic amines) is 1. The molecule has 0 aliphatic carbocycles. The lowest BCUT2D eigenvalue weighted by atomic mass is 9.95. The van der Waals surface area contributed by atoms with Gasteiger partial charge in [-0.15, -0.1) is 0 Å². The van der Waals surface area contributed by atoms with Crippen LogP contribution in [0.5, 0.6) is 5.75 Å². The van der Waals surface area contributed by atoms with E-state index >= 15 is 0 Å². The Hall–Kier alpha value is -3.97. The van der Waals surface area contributed by atoms with E-state index in [1.165, 1.54) is 17.0 Å². The SMILES string of the molecule is CCN(CC)CCN1C(=O)C(=O)C(=C(O)c2ccc(OCc3ccccc3)cc2)C1c1ccc(F)cc1. The molecule has 1 aliphatic heterocycles. The van der Waals surface area contributed by atoms with Crippen LogP contribution in [-0.2, 0) is 16.2 Å². The number of aliphatic hydroxyl groups is 1. The van der Waals surface area contributed by atoms with Crippen LogP contribution in [0.4, 0.5) is 4.39 Å². The summed E-state index contributed by atoms with van der Waals surface area (Å²) < 4.78 is 19.5. The van der Waals surface area contributed by atoms with Crippen LogP contribution in [-0.4, -0.2) is 52.8 Å². The Morgan fingerprint density at radius 1 is 0.946 bits per heavy atom. The lowest BCUT2D eigenvalue weighted by molar-refractivity contribution is -0.140. The van der Waals surface area contributed by atoms with Crippen LogP contribution in [0.25, 0.3) is 5.76 Å². The molecular weight excluding hydrogens is 471 g/mol. The van der Waals surface area contributed by atoms with Gasteiger partial charge in [0.1, 0.15) is 23.9 Å². The molecule has 0 bridgehead atoms. The molecule has 6 nitrogen and oxygen atoms in total. The van der Waals surface area contributed by atoms with Gasteiger partial charge in [-0.25, -0.2) is 4.39 Å². The smallest absolute Gasteiger partial charge is 0.295 e. The first-order valence-corrected chi connectivity index (χ1v) is 12.5. The number of rotatable bonds is 10. The number of hydrogen-bond donors (Lipinski definition) is 1. The second kappa shape index (κ2) is 11.8. The number of ketones is 1. The highest BCUT2D eigenvalue weighted by molar-refractivity contribution is 6.46. The minimum Gasteiger partial charge on any atom is -0.507 e. The van der Waals surface area contributed by atoms with E-state index in [9.17, 15) is 19.1 Å². The van der Waals surface area contributed by atoms with Crippen molar-refractivity contribution in [2.24, 2.45) is 0 Å². The number of aliphatic hydroxyl groups excluding tert-OH is 1. The van der Waals surface area contributed by atoms with E-state index < -0.39 is 23.5 Å². The number of benzene rings is 3. The van der Waals surface area contributed by atoms with Gasteiger partial charge in [0.15, 0.2) is 0 Å². The summed E-state index contributed by atoms with van der Waals surface area (Å²) in [5, 5.41) is 11.2. The Balaban J connectivity index is 1.64.